The molecule has 0 radical (unpaired) electrons. The van der Waals surface area contributed by atoms with E-state index in [0.29, 0.717) is 11.3 Å². The Morgan fingerprint density at radius 1 is 1.28 bits per heavy atom. The second-order valence-electron chi connectivity index (χ2n) is 3.26. The minimum absolute atomic E-state index is 0.00483. The third-order valence-corrected chi connectivity index (χ3v) is 1.64. The van der Waals surface area contributed by atoms with Gasteiger partial charge < -0.3 is 21.3 Å². The summed E-state index contributed by atoms with van der Waals surface area (Å²) in [6, 6.07) is 6.68. The fraction of sp³-hybridized carbons (Fsp3) is 0.182. The van der Waals surface area contributed by atoms with Crippen LogP contribution in [-0.4, -0.2) is 34.5 Å². The van der Waals surface area contributed by atoms with E-state index >= 15 is 0 Å². The van der Waals surface area contributed by atoms with Crippen LogP contribution >= 0.6 is 0 Å². The number of carboxylic acid groups (broad SMARTS) is 2. The molecular weight excluding hydrogens is 238 g/mol. The van der Waals surface area contributed by atoms with Crippen molar-refractivity contribution in [3.8, 4) is 0 Å². The Bertz CT molecular complexity index is 424. The zero-order valence-electron chi connectivity index (χ0n) is 9.80. The van der Waals surface area contributed by atoms with Gasteiger partial charge in [0.15, 0.2) is 0 Å². The van der Waals surface area contributed by atoms with E-state index in [1.165, 1.54) is 0 Å². The Morgan fingerprint density at radius 2 is 1.72 bits per heavy atom. The van der Waals surface area contributed by atoms with Gasteiger partial charge in [0.05, 0.1) is 0 Å². The van der Waals surface area contributed by atoms with Crippen molar-refractivity contribution in [3.05, 3.63) is 29.8 Å². The van der Waals surface area contributed by atoms with Crippen LogP contribution in [0.4, 0.5) is 5.69 Å². The van der Waals surface area contributed by atoms with Gasteiger partial charge in [-0.1, -0.05) is 0 Å². The first kappa shape index (κ1) is 15.4. The fourth-order valence-corrected chi connectivity index (χ4v) is 0.945. The summed E-state index contributed by atoms with van der Waals surface area (Å²) in [5.74, 6) is -1.75. The molecule has 0 saturated heterocycles. The molecule has 0 aliphatic rings. The quantitative estimate of drug-likeness (QED) is 0.392. The predicted octanol–water partition coefficient (Wildman–Crippen LogP) is 0.558. The standard InChI is InChI=1S/C9H11N3O2.C2H4O2/c10-9(11)6-1-3-7(4-2-6)12-5-8(13)14;1-2(3)4/h1-4,12H,5H2,(H3,10,11)(H,13,14);1H3,(H,3,4). The van der Waals surface area contributed by atoms with E-state index in [-0.39, 0.29) is 12.4 Å². The van der Waals surface area contributed by atoms with E-state index < -0.39 is 11.9 Å². The Labute approximate surface area is 104 Å². The van der Waals surface area contributed by atoms with Crippen molar-refractivity contribution < 1.29 is 19.8 Å². The van der Waals surface area contributed by atoms with Gasteiger partial charge in [-0.25, -0.2) is 0 Å². The number of nitrogen functional groups attached to an aromatic ring is 1. The van der Waals surface area contributed by atoms with E-state index in [9.17, 15) is 4.79 Å². The molecule has 0 saturated carbocycles. The number of anilines is 1. The van der Waals surface area contributed by atoms with Crippen molar-refractivity contribution in [2.45, 2.75) is 6.92 Å². The van der Waals surface area contributed by atoms with Gasteiger partial charge in [0, 0.05) is 18.2 Å². The topological polar surface area (TPSA) is 136 Å². The maximum Gasteiger partial charge on any atom is 0.322 e. The lowest BCUT2D eigenvalue weighted by atomic mass is 10.2. The molecule has 7 nitrogen and oxygen atoms in total. The van der Waals surface area contributed by atoms with Gasteiger partial charge in [0.2, 0.25) is 0 Å². The Kier molecular flexibility index (Phi) is 6.57. The fourth-order valence-electron chi connectivity index (χ4n) is 0.945. The summed E-state index contributed by atoms with van der Waals surface area (Å²) in [6.07, 6.45) is 0. The minimum Gasteiger partial charge on any atom is -0.481 e. The molecule has 0 amide bonds. The normalized spacial score (nSPS) is 8.72. The number of hydrogen-bond donors (Lipinski definition) is 5. The van der Waals surface area contributed by atoms with Crippen molar-refractivity contribution in [3.63, 3.8) is 0 Å². The third kappa shape index (κ3) is 7.69. The molecule has 0 spiro atoms. The summed E-state index contributed by atoms with van der Waals surface area (Å²) in [7, 11) is 0. The van der Waals surface area contributed by atoms with Crippen molar-refractivity contribution in [1.82, 2.24) is 0 Å². The Balaban J connectivity index is 0.000000631. The zero-order valence-corrected chi connectivity index (χ0v) is 9.80. The number of carbonyl (C=O) groups is 2. The molecule has 0 aliphatic heterocycles. The monoisotopic (exact) mass is 253 g/mol. The molecule has 0 aliphatic carbocycles. The lowest BCUT2D eigenvalue weighted by molar-refractivity contribution is -0.135. The maximum atomic E-state index is 10.2. The largest absolute Gasteiger partial charge is 0.481 e. The highest BCUT2D eigenvalue weighted by atomic mass is 16.4. The first-order chi connectivity index (χ1) is 8.32. The molecule has 7 heteroatoms. The Morgan fingerprint density at radius 3 is 2.06 bits per heavy atom. The molecule has 0 aromatic heterocycles. The molecule has 1 rings (SSSR count). The lowest BCUT2D eigenvalue weighted by Crippen LogP contribution is -2.13. The SMILES string of the molecule is CC(=O)O.N=C(N)c1ccc(NCC(=O)O)cc1. The van der Waals surface area contributed by atoms with E-state index in [2.05, 4.69) is 5.32 Å². The Hall–Kier alpha value is -2.57. The van der Waals surface area contributed by atoms with Crippen LogP contribution in [0.5, 0.6) is 0 Å². The van der Waals surface area contributed by atoms with Crippen LogP contribution in [0.3, 0.4) is 0 Å². The van der Waals surface area contributed by atoms with E-state index in [4.69, 9.17) is 26.2 Å². The third-order valence-electron chi connectivity index (χ3n) is 1.64. The van der Waals surface area contributed by atoms with Crippen LogP contribution in [0.1, 0.15) is 12.5 Å². The molecule has 1 aromatic carbocycles. The van der Waals surface area contributed by atoms with Gasteiger partial charge in [-0.3, -0.25) is 15.0 Å². The van der Waals surface area contributed by atoms with Gasteiger partial charge in [0.1, 0.15) is 12.4 Å². The van der Waals surface area contributed by atoms with Crippen LogP contribution in [0.15, 0.2) is 24.3 Å². The van der Waals surface area contributed by atoms with Gasteiger partial charge in [-0.05, 0) is 24.3 Å². The molecule has 0 unspecified atom stereocenters. The summed E-state index contributed by atoms with van der Waals surface area (Å²) in [5.41, 5.74) is 6.56. The van der Waals surface area contributed by atoms with Crippen molar-refractivity contribution >= 4 is 23.5 Å². The predicted molar refractivity (Wildman–Crippen MR) is 66.9 cm³/mol. The van der Waals surface area contributed by atoms with Crippen molar-refractivity contribution in [2.75, 3.05) is 11.9 Å². The van der Waals surface area contributed by atoms with Crippen LogP contribution in [0.2, 0.25) is 0 Å². The van der Waals surface area contributed by atoms with Gasteiger partial charge in [0.25, 0.3) is 5.97 Å². The summed E-state index contributed by atoms with van der Waals surface area (Å²) in [4.78, 5) is 19.2. The highest BCUT2D eigenvalue weighted by Crippen LogP contribution is 2.08. The minimum atomic E-state index is -0.916. The van der Waals surface area contributed by atoms with Gasteiger partial charge in [-0.15, -0.1) is 0 Å². The number of carboxylic acids is 2. The first-order valence-electron chi connectivity index (χ1n) is 4.92. The van der Waals surface area contributed by atoms with E-state index in [1.54, 1.807) is 24.3 Å². The van der Waals surface area contributed by atoms with Crippen LogP contribution in [0.25, 0.3) is 0 Å². The molecule has 98 valence electrons. The number of benzene rings is 1. The van der Waals surface area contributed by atoms with E-state index in [0.717, 1.165) is 6.92 Å². The molecule has 0 atom stereocenters. The summed E-state index contributed by atoms with van der Waals surface area (Å²) < 4.78 is 0. The van der Waals surface area contributed by atoms with Gasteiger partial charge >= 0.3 is 5.97 Å². The maximum absolute atomic E-state index is 10.2. The number of rotatable bonds is 4. The number of nitrogens with one attached hydrogen (secondary N) is 2. The molecule has 0 bridgehead atoms. The van der Waals surface area contributed by atoms with Gasteiger partial charge in [-0.2, -0.15) is 0 Å². The number of hydrogen-bond acceptors (Lipinski definition) is 4. The zero-order chi connectivity index (χ0) is 14.1. The number of nitrogens with two attached hydrogens (primary N) is 1. The summed E-state index contributed by atoms with van der Waals surface area (Å²) >= 11 is 0. The highest BCUT2D eigenvalue weighted by molar-refractivity contribution is 5.95. The van der Waals surface area contributed by atoms with Crippen molar-refractivity contribution in [2.24, 2.45) is 5.73 Å². The molecule has 0 fully saturated rings. The summed E-state index contributed by atoms with van der Waals surface area (Å²) in [5, 5.41) is 25.7. The van der Waals surface area contributed by atoms with Crippen LogP contribution < -0.4 is 11.1 Å². The molecular formula is C11H15N3O4. The number of aliphatic carboxylic acids is 2. The highest BCUT2D eigenvalue weighted by Gasteiger charge is 1.98. The second-order valence-corrected chi connectivity index (χ2v) is 3.26. The molecule has 1 aromatic rings. The average molecular weight is 253 g/mol. The first-order valence-corrected chi connectivity index (χ1v) is 4.92. The second kappa shape index (κ2) is 7.66. The molecule has 0 heterocycles. The average Bonchev–Trinajstić information content (AvgIpc) is 2.26. The van der Waals surface area contributed by atoms with Crippen molar-refractivity contribution in [1.29, 1.82) is 5.41 Å². The molecule has 6 N–H and O–H groups in total. The molecule has 18 heavy (non-hydrogen) atoms. The smallest absolute Gasteiger partial charge is 0.322 e. The van der Waals surface area contributed by atoms with E-state index in [1.807, 2.05) is 0 Å². The van der Waals surface area contributed by atoms with Crippen LogP contribution in [0, 0.1) is 5.41 Å². The lowest BCUT2D eigenvalue weighted by Gasteiger charge is -2.03. The van der Waals surface area contributed by atoms with Crippen LogP contribution in [-0.2, 0) is 9.59 Å². The number of amidine groups is 1. The summed E-state index contributed by atoms with van der Waals surface area (Å²) in [6.45, 7) is 0.958.